The normalized spacial score (nSPS) is 10.2. The van der Waals surface area contributed by atoms with Gasteiger partial charge in [-0.15, -0.1) is 0 Å². The van der Waals surface area contributed by atoms with Gasteiger partial charge in [-0.25, -0.2) is 4.79 Å². The van der Waals surface area contributed by atoms with Gasteiger partial charge in [-0.1, -0.05) is 12.1 Å². The van der Waals surface area contributed by atoms with Crippen molar-refractivity contribution in [3.63, 3.8) is 0 Å². The second kappa shape index (κ2) is 4.67. The van der Waals surface area contributed by atoms with Gasteiger partial charge in [0, 0.05) is 21.9 Å². The maximum atomic E-state index is 11.0. The van der Waals surface area contributed by atoms with Crippen LogP contribution < -0.4 is 0 Å². The monoisotopic (exact) mass is 291 g/mol. The van der Waals surface area contributed by atoms with Crippen LogP contribution in [-0.4, -0.2) is 16.1 Å². The average molecular weight is 292 g/mol. The van der Waals surface area contributed by atoms with E-state index in [1.807, 2.05) is 25.1 Å². The van der Waals surface area contributed by atoms with E-state index in [1.165, 1.54) is 0 Å². The van der Waals surface area contributed by atoms with Crippen molar-refractivity contribution in [2.24, 2.45) is 0 Å². The molecule has 17 heavy (non-hydrogen) atoms. The molecule has 0 saturated carbocycles. The number of carboxylic acid groups (broad SMARTS) is 1. The zero-order valence-corrected chi connectivity index (χ0v) is 10.7. The largest absolute Gasteiger partial charge is 0.478 e. The molecule has 0 amide bonds. The van der Waals surface area contributed by atoms with Crippen LogP contribution in [0.4, 0.5) is 0 Å². The molecule has 0 aliphatic heterocycles. The van der Waals surface area contributed by atoms with Crippen molar-refractivity contribution in [2.75, 3.05) is 0 Å². The van der Waals surface area contributed by atoms with Crippen molar-refractivity contribution in [3.8, 4) is 11.1 Å². The molecule has 3 nitrogen and oxygen atoms in total. The highest BCUT2D eigenvalue weighted by Gasteiger charge is 2.09. The summed E-state index contributed by atoms with van der Waals surface area (Å²) in [4.78, 5) is 15.2. The quantitative estimate of drug-likeness (QED) is 0.921. The first kappa shape index (κ1) is 11.8. The standard InChI is InChI=1S/C13H10BrNO2/c1-8-2-3-10(7-15-8)9-4-5-12(14)11(6-9)13(16)17/h2-7H,1H3,(H,16,17). The molecular formula is C13H10BrNO2. The van der Waals surface area contributed by atoms with Gasteiger partial charge in [0.05, 0.1) is 5.56 Å². The smallest absolute Gasteiger partial charge is 0.336 e. The van der Waals surface area contributed by atoms with Gasteiger partial charge in [0.2, 0.25) is 0 Å². The Morgan fingerprint density at radius 2 is 1.94 bits per heavy atom. The van der Waals surface area contributed by atoms with E-state index in [4.69, 9.17) is 5.11 Å². The number of benzene rings is 1. The molecule has 1 N–H and O–H groups in total. The number of nitrogens with zero attached hydrogens (tertiary/aromatic N) is 1. The fourth-order valence-corrected chi connectivity index (χ4v) is 1.92. The zero-order chi connectivity index (χ0) is 12.4. The predicted molar refractivity (Wildman–Crippen MR) is 69.1 cm³/mol. The van der Waals surface area contributed by atoms with Crippen molar-refractivity contribution in [2.45, 2.75) is 6.92 Å². The maximum Gasteiger partial charge on any atom is 0.336 e. The Kier molecular flexibility index (Phi) is 3.24. The van der Waals surface area contributed by atoms with Gasteiger partial charge in [0.15, 0.2) is 0 Å². The number of aromatic nitrogens is 1. The summed E-state index contributed by atoms with van der Waals surface area (Å²) in [6, 6.07) is 9.06. The molecule has 86 valence electrons. The molecular weight excluding hydrogens is 282 g/mol. The van der Waals surface area contributed by atoms with Gasteiger partial charge in [-0.2, -0.15) is 0 Å². The molecule has 0 bridgehead atoms. The SMILES string of the molecule is Cc1ccc(-c2ccc(Br)c(C(=O)O)c2)cn1. The van der Waals surface area contributed by atoms with Crippen molar-refractivity contribution < 1.29 is 9.90 Å². The van der Waals surface area contributed by atoms with E-state index in [0.717, 1.165) is 16.8 Å². The molecule has 0 saturated heterocycles. The lowest BCUT2D eigenvalue weighted by Gasteiger charge is -2.05. The first-order valence-electron chi connectivity index (χ1n) is 5.04. The summed E-state index contributed by atoms with van der Waals surface area (Å²) < 4.78 is 0.578. The minimum absolute atomic E-state index is 0.253. The highest BCUT2D eigenvalue weighted by atomic mass is 79.9. The van der Waals surface area contributed by atoms with Gasteiger partial charge < -0.3 is 5.11 Å². The number of carboxylic acids is 1. The van der Waals surface area contributed by atoms with E-state index in [2.05, 4.69) is 20.9 Å². The Bertz CT molecular complexity index is 564. The summed E-state index contributed by atoms with van der Waals surface area (Å²) in [7, 11) is 0. The number of aryl methyl sites for hydroxylation is 1. The van der Waals surface area contributed by atoms with E-state index < -0.39 is 5.97 Å². The first-order valence-corrected chi connectivity index (χ1v) is 5.83. The molecule has 1 aromatic heterocycles. The van der Waals surface area contributed by atoms with Crippen LogP contribution in [0.1, 0.15) is 16.1 Å². The average Bonchev–Trinajstić information content (AvgIpc) is 2.30. The number of pyridine rings is 1. The molecule has 0 unspecified atom stereocenters. The van der Waals surface area contributed by atoms with Gasteiger partial charge in [-0.05, 0) is 46.6 Å². The van der Waals surface area contributed by atoms with Crippen LogP contribution in [0.5, 0.6) is 0 Å². The Morgan fingerprint density at radius 3 is 2.53 bits per heavy atom. The minimum Gasteiger partial charge on any atom is -0.478 e. The van der Waals surface area contributed by atoms with Crippen molar-refractivity contribution in [3.05, 3.63) is 52.3 Å². The Hall–Kier alpha value is -1.68. The summed E-state index contributed by atoms with van der Waals surface area (Å²) in [6.07, 6.45) is 1.74. The Labute approximate surface area is 107 Å². The van der Waals surface area contributed by atoms with Crippen LogP contribution in [0.2, 0.25) is 0 Å². The second-order valence-electron chi connectivity index (χ2n) is 3.69. The highest BCUT2D eigenvalue weighted by Crippen LogP contribution is 2.25. The molecule has 2 aromatic rings. The van der Waals surface area contributed by atoms with Gasteiger partial charge >= 0.3 is 5.97 Å². The van der Waals surface area contributed by atoms with Gasteiger partial charge in [0.25, 0.3) is 0 Å². The molecule has 1 heterocycles. The number of rotatable bonds is 2. The second-order valence-corrected chi connectivity index (χ2v) is 4.54. The Balaban J connectivity index is 2.50. The maximum absolute atomic E-state index is 11.0. The van der Waals surface area contributed by atoms with Gasteiger partial charge in [0.1, 0.15) is 0 Å². The molecule has 0 aliphatic carbocycles. The number of hydrogen-bond donors (Lipinski definition) is 1. The van der Waals surface area contributed by atoms with Crippen molar-refractivity contribution in [1.29, 1.82) is 0 Å². The van der Waals surface area contributed by atoms with E-state index in [9.17, 15) is 4.79 Å². The fraction of sp³-hybridized carbons (Fsp3) is 0.0769. The van der Waals surface area contributed by atoms with Crippen LogP contribution in [0.3, 0.4) is 0 Å². The first-order chi connectivity index (χ1) is 8.08. The van der Waals surface area contributed by atoms with Crippen LogP contribution >= 0.6 is 15.9 Å². The highest BCUT2D eigenvalue weighted by molar-refractivity contribution is 9.10. The number of carbonyl (C=O) groups is 1. The lowest BCUT2D eigenvalue weighted by atomic mass is 10.0. The molecule has 0 aliphatic rings. The van der Waals surface area contributed by atoms with Crippen molar-refractivity contribution >= 4 is 21.9 Å². The van der Waals surface area contributed by atoms with E-state index in [1.54, 1.807) is 18.3 Å². The van der Waals surface area contributed by atoms with E-state index in [0.29, 0.717) is 4.47 Å². The third-order valence-corrected chi connectivity index (χ3v) is 3.13. The fourth-order valence-electron chi connectivity index (χ4n) is 1.51. The topological polar surface area (TPSA) is 50.2 Å². The summed E-state index contributed by atoms with van der Waals surface area (Å²) in [5.41, 5.74) is 2.94. The molecule has 4 heteroatoms. The van der Waals surface area contributed by atoms with E-state index >= 15 is 0 Å². The third kappa shape index (κ3) is 2.53. The molecule has 0 atom stereocenters. The molecule has 0 spiro atoms. The number of aromatic carboxylic acids is 1. The minimum atomic E-state index is -0.946. The summed E-state index contributed by atoms with van der Waals surface area (Å²) in [6.45, 7) is 1.91. The van der Waals surface area contributed by atoms with E-state index in [-0.39, 0.29) is 5.56 Å². The molecule has 0 radical (unpaired) electrons. The summed E-state index contributed by atoms with van der Waals surface area (Å²) in [5, 5.41) is 9.04. The Morgan fingerprint density at radius 1 is 1.24 bits per heavy atom. The lowest BCUT2D eigenvalue weighted by molar-refractivity contribution is 0.0696. The van der Waals surface area contributed by atoms with Gasteiger partial charge in [-0.3, -0.25) is 4.98 Å². The number of halogens is 1. The van der Waals surface area contributed by atoms with Crippen LogP contribution in [-0.2, 0) is 0 Å². The van der Waals surface area contributed by atoms with Crippen LogP contribution in [0.15, 0.2) is 41.0 Å². The van der Waals surface area contributed by atoms with Crippen LogP contribution in [0.25, 0.3) is 11.1 Å². The van der Waals surface area contributed by atoms with Crippen molar-refractivity contribution in [1.82, 2.24) is 4.98 Å². The summed E-state index contributed by atoms with van der Waals surface area (Å²) >= 11 is 3.22. The molecule has 0 fully saturated rings. The molecule has 1 aromatic carbocycles. The lowest BCUT2D eigenvalue weighted by Crippen LogP contribution is -1.98. The van der Waals surface area contributed by atoms with Crippen LogP contribution in [0, 0.1) is 6.92 Å². The zero-order valence-electron chi connectivity index (χ0n) is 9.14. The third-order valence-electron chi connectivity index (χ3n) is 2.44. The summed E-state index contributed by atoms with van der Waals surface area (Å²) in [5.74, 6) is -0.946. The number of hydrogen-bond acceptors (Lipinski definition) is 2. The predicted octanol–water partition coefficient (Wildman–Crippen LogP) is 3.52. The molecule has 2 rings (SSSR count).